The standard InChI is InChI=1S/C10H12NO2/c12-6-5-11-7-9-3-1-2-4-10(9)8-13/h1-2,4,7,11-12H,3,5-6H2. The van der Waals surface area contributed by atoms with Crippen molar-refractivity contribution >= 4 is 6.29 Å². The number of hydrogen-bond donors (Lipinski definition) is 2. The number of aliphatic hydroxyl groups excluding tert-OH is 1. The van der Waals surface area contributed by atoms with Gasteiger partial charge in [-0.05, 0) is 12.0 Å². The van der Waals surface area contributed by atoms with E-state index >= 15 is 0 Å². The third kappa shape index (κ3) is 2.87. The minimum Gasteiger partial charge on any atom is -0.395 e. The highest BCUT2D eigenvalue weighted by atomic mass is 16.3. The van der Waals surface area contributed by atoms with Gasteiger partial charge in [-0.2, -0.15) is 0 Å². The molecule has 0 atom stereocenters. The highest BCUT2D eigenvalue weighted by molar-refractivity contribution is 5.82. The molecule has 0 spiro atoms. The van der Waals surface area contributed by atoms with Crippen LogP contribution in [0, 0.1) is 0 Å². The van der Waals surface area contributed by atoms with Crippen LogP contribution in [-0.2, 0) is 4.79 Å². The second-order valence-electron chi connectivity index (χ2n) is 2.66. The van der Waals surface area contributed by atoms with Crippen LogP contribution in [0.2, 0.25) is 0 Å². The van der Waals surface area contributed by atoms with Gasteiger partial charge in [-0.15, -0.1) is 0 Å². The van der Waals surface area contributed by atoms with E-state index in [1.54, 1.807) is 12.3 Å². The first-order valence-electron chi connectivity index (χ1n) is 4.17. The quantitative estimate of drug-likeness (QED) is 0.614. The summed E-state index contributed by atoms with van der Waals surface area (Å²) in [4.78, 5) is 10.5. The molecule has 69 valence electrons. The molecular formula is C10H12NO2. The van der Waals surface area contributed by atoms with Crippen molar-refractivity contribution < 1.29 is 9.90 Å². The SMILES string of the molecule is O=[C]C1=CC=CCC1=CNCCO. The molecule has 2 N–H and O–H groups in total. The zero-order chi connectivity index (χ0) is 9.52. The average Bonchev–Trinajstić information content (AvgIpc) is 2.19. The Morgan fingerprint density at radius 1 is 1.69 bits per heavy atom. The molecule has 1 aliphatic rings. The van der Waals surface area contributed by atoms with E-state index in [9.17, 15) is 4.79 Å². The van der Waals surface area contributed by atoms with Crippen LogP contribution < -0.4 is 5.32 Å². The molecular weight excluding hydrogens is 166 g/mol. The van der Waals surface area contributed by atoms with Gasteiger partial charge in [0.1, 0.15) is 0 Å². The molecule has 0 amide bonds. The summed E-state index contributed by atoms with van der Waals surface area (Å²) in [6, 6.07) is 0. The monoisotopic (exact) mass is 178 g/mol. The molecule has 0 saturated heterocycles. The number of carbonyl (C=O) groups excluding carboxylic acids is 1. The zero-order valence-corrected chi connectivity index (χ0v) is 7.29. The number of hydrogen-bond acceptors (Lipinski definition) is 3. The largest absolute Gasteiger partial charge is 0.395 e. The van der Waals surface area contributed by atoms with Crippen LogP contribution in [0.4, 0.5) is 0 Å². The minimum atomic E-state index is 0.0868. The third-order valence-corrected chi connectivity index (χ3v) is 1.73. The number of nitrogens with one attached hydrogen (secondary N) is 1. The molecule has 0 aromatic rings. The van der Waals surface area contributed by atoms with Crippen molar-refractivity contribution in [2.24, 2.45) is 0 Å². The summed E-state index contributed by atoms with van der Waals surface area (Å²) in [7, 11) is 0. The van der Waals surface area contributed by atoms with Gasteiger partial charge in [0.15, 0.2) is 0 Å². The molecule has 0 saturated carbocycles. The summed E-state index contributed by atoms with van der Waals surface area (Å²) in [6.07, 6.45) is 9.88. The maximum Gasteiger partial charge on any atom is 0.233 e. The van der Waals surface area contributed by atoms with Gasteiger partial charge in [-0.3, -0.25) is 4.79 Å². The van der Waals surface area contributed by atoms with E-state index in [1.807, 2.05) is 18.4 Å². The molecule has 1 aliphatic carbocycles. The Bertz CT molecular complexity index is 264. The molecule has 3 nitrogen and oxygen atoms in total. The molecule has 0 aliphatic heterocycles. The number of rotatable bonds is 4. The Balaban J connectivity index is 2.58. The Labute approximate surface area is 77.5 Å². The first-order chi connectivity index (χ1) is 6.38. The van der Waals surface area contributed by atoms with E-state index < -0.39 is 0 Å². The number of aliphatic hydroxyl groups is 1. The first-order valence-corrected chi connectivity index (χ1v) is 4.17. The molecule has 13 heavy (non-hydrogen) atoms. The van der Waals surface area contributed by atoms with Gasteiger partial charge < -0.3 is 10.4 Å². The highest BCUT2D eigenvalue weighted by Crippen LogP contribution is 2.16. The normalized spacial score (nSPS) is 18.5. The predicted molar refractivity (Wildman–Crippen MR) is 50.7 cm³/mol. The van der Waals surface area contributed by atoms with E-state index in [2.05, 4.69) is 5.32 Å². The molecule has 1 rings (SSSR count). The average molecular weight is 178 g/mol. The topological polar surface area (TPSA) is 49.3 Å². The van der Waals surface area contributed by atoms with Gasteiger partial charge >= 0.3 is 0 Å². The zero-order valence-electron chi connectivity index (χ0n) is 7.29. The lowest BCUT2D eigenvalue weighted by atomic mass is 10.0. The van der Waals surface area contributed by atoms with Gasteiger partial charge in [0.25, 0.3) is 0 Å². The first kappa shape index (κ1) is 9.74. The van der Waals surface area contributed by atoms with Crippen LogP contribution in [0.15, 0.2) is 35.6 Å². The van der Waals surface area contributed by atoms with E-state index in [-0.39, 0.29) is 6.61 Å². The van der Waals surface area contributed by atoms with Crippen LogP contribution in [0.5, 0.6) is 0 Å². The van der Waals surface area contributed by atoms with E-state index in [0.29, 0.717) is 12.1 Å². The second-order valence-corrected chi connectivity index (χ2v) is 2.66. The molecule has 0 aromatic heterocycles. The lowest BCUT2D eigenvalue weighted by molar-refractivity contribution is 0.298. The van der Waals surface area contributed by atoms with Crippen LogP contribution in [0.3, 0.4) is 0 Å². The summed E-state index contributed by atoms with van der Waals surface area (Å²) in [5.74, 6) is 0. The fourth-order valence-corrected chi connectivity index (χ4v) is 1.07. The smallest absolute Gasteiger partial charge is 0.233 e. The molecule has 0 fully saturated rings. The van der Waals surface area contributed by atoms with Crippen LogP contribution in [-0.4, -0.2) is 24.5 Å². The molecule has 0 aromatic carbocycles. The summed E-state index contributed by atoms with van der Waals surface area (Å²) in [5, 5.41) is 11.4. The van der Waals surface area contributed by atoms with Crippen molar-refractivity contribution in [3.8, 4) is 0 Å². The second kappa shape index (κ2) is 5.32. The van der Waals surface area contributed by atoms with E-state index in [4.69, 9.17) is 5.11 Å². The lowest BCUT2D eigenvalue weighted by Gasteiger charge is -2.07. The minimum absolute atomic E-state index is 0.0868. The van der Waals surface area contributed by atoms with Crippen molar-refractivity contribution in [3.63, 3.8) is 0 Å². The van der Waals surface area contributed by atoms with Crippen molar-refractivity contribution in [3.05, 3.63) is 35.6 Å². The van der Waals surface area contributed by atoms with Crippen LogP contribution in [0.25, 0.3) is 0 Å². The summed E-state index contributed by atoms with van der Waals surface area (Å²) >= 11 is 0. The van der Waals surface area contributed by atoms with Gasteiger partial charge in [-0.1, -0.05) is 18.2 Å². The maximum atomic E-state index is 10.5. The van der Waals surface area contributed by atoms with Crippen molar-refractivity contribution in [2.75, 3.05) is 13.2 Å². The fourth-order valence-electron chi connectivity index (χ4n) is 1.07. The summed E-state index contributed by atoms with van der Waals surface area (Å²) in [6.45, 7) is 0.586. The van der Waals surface area contributed by atoms with Crippen molar-refractivity contribution in [1.82, 2.24) is 5.32 Å². The Hall–Kier alpha value is -1.35. The molecule has 0 bridgehead atoms. The van der Waals surface area contributed by atoms with E-state index in [0.717, 1.165) is 12.0 Å². The van der Waals surface area contributed by atoms with Crippen molar-refractivity contribution in [2.45, 2.75) is 6.42 Å². The van der Waals surface area contributed by atoms with Crippen LogP contribution >= 0.6 is 0 Å². The highest BCUT2D eigenvalue weighted by Gasteiger charge is 2.05. The Kier molecular flexibility index (Phi) is 3.99. The van der Waals surface area contributed by atoms with Gasteiger partial charge in [-0.25, -0.2) is 0 Å². The predicted octanol–water partition coefficient (Wildman–Crippen LogP) is 0.448. The third-order valence-electron chi connectivity index (χ3n) is 1.73. The number of allylic oxidation sites excluding steroid dienone is 5. The molecule has 0 heterocycles. The van der Waals surface area contributed by atoms with Gasteiger partial charge in [0, 0.05) is 18.3 Å². The van der Waals surface area contributed by atoms with Crippen LogP contribution in [0.1, 0.15) is 6.42 Å². The van der Waals surface area contributed by atoms with Gasteiger partial charge in [0.2, 0.25) is 6.29 Å². The van der Waals surface area contributed by atoms with Gasteiger partial charge in [0.05, 0.1) is 6.61 Å². The fraction of sp³-hybridized carbons (Fsp3) is 0.300. The van der Waals surface area contributed by atoms with E-state index in [1.165, 1.54) is 0 Å². The summed E-state index contributed by atoms with van der Waals surface area (Å²) in [5.41, 5.74) is 1.49. The molecule has 3 heteroatoms. The summed E-state index contributed by atoms with van der Waals surface area (Å²) < 4.78 is 0. The van der Waals surface area contributed by atoms with Crippen molar-refractivity contribution in [1.29, 1.82) is 0 Å². The lowest BCUT2D eigenvalue weighted by Crippen LogP contribution is -2.12. The Morgan fingerprint density at radius 3 is 3.23 bits per heavy atom. The molecule has 1 radical (unpaired) electrons. The maximum absolute atomic E-state index is 10.5. The molecule has 0 unspecified atom stereocenters. The Morgan fingerprint density at radius 2 is 2.54 bits per heavy atom.